The predicted octanol–water partition coefficient (Wildman–Crippen LogP) is 2.89. The highest BCUT2D eigenvalue weighted by molar-refractivity contribution is 6.74. The van der Waals surface area contributed by atoms with E-state index in [1.165, 1.54) is 0 Å². The molecule has 146 valence electrons. The fourth-order valence-electron chi connectivity index (χ4n) is 2.08. The molecule has 1 aromatic carbocycles. The zero-order valence-electron chi connectivity index (χ0n) is 16.0. The molecule has 1 rings (SSSR count). The molecular formula is C18H28F2N2O3Si. The van der Waals surface area contributed by atoms with Gasteiger partial charge in [0.15, 0.2) is 8.32 Å². The maximum Gasteiger partial charge on any atom is 0.240 e. The van der Waals surface area contributed by atoms with Crippen molar-refractivity contribution in [1.82, 2.24) is 5.32 Å². The minimum Gasteiger partial charge on any atom is -0.417 e. The smallest absolute Gasteiger partial charge is 0.240 e. The van der Waals surface area contributed by atoms with E-state index in [0.29, 0.717) is 6.61 Å². The topological polar surface area (TPSA) is 81.4 Å². The van der Waals surface area contributed by atoms with Gasteiger partial charge in [0.1, 0.15) is 17.7 Å². The van der Waals surface area contributed by atoms with Crippen LogP contribution in [0.2, 0.25) is 18.1 Å². The molecule has 1 aromatic rings. The Kier molecular flexibility index (Phi) is 7.46. The summed E-state index contributed by atoms with van der Waals surface area (Å²) in [5.74, 6) is -2.74. The highest BCUT2D eigenvalue weighted by Gasteiger charge is 2.37. The van der Waals surface area contributed by atoms with Crippen LogP contribution in [0, 0.1) is 11.6 Å². The van der Waals surface area contributed by atoms with Gasteiger partial charge in [-0.2, -0.15) is 0 Å². The van der Waals surface area contributed by atoms with Crippen LogP contribution in [-0.2, 0) is 20.4 Å². The second-order valence-corrected chi connectivity index (χ2v) is 12.7. The molecule has 5 nitrogen and oxygen atoms in total. The third-order valence-corrected chi connectivity index (χ3v) is 9.18. The molecule has 26 heavy (non-hydrogen) atoms. The van der Waals surface area contributed by atoms with Gasteiger partial charge in [0, 0.05) is 12.7 Å². The molecule has 0 aliphatic rings. The molecule has 0 aromatic heterocycles. The van der Waals surface area contributed by atoms with E-state index in [1.54, 1.807) is 0 Å². The molecule has 0 saturated heterocycles. The van der Waals surface area contributed by atoms with Crippen molar-refractivity contribution < 1.29 is 22.8 Å². The van der Waals surface area contributed by atoms with Crippen molar-refractivity contribution in [1.29, 1.82) is 0 Å². The largest absolute Gasteiger partial charge is 0.417 e. The number of hydrogen-bond acceptors (Lipinski definition) is 3. The number of halogens is 2. The van der Waals surface area contributed by atoms with E-state index in [0.717, 1.165) is 18.2 Å². The fourth-order valence-corrected chi connectivity index (χ4v) is 3.14. The Bertz CT molecular complexity index is 640. The quantitative estimate of drug-likeness (QED) is 0.674. The molecule has 0 saturated carbocycles. The summed E-state index contributed by atoms with van der Waals surface area (Å²) in [6.07, 6.45) is -0.00730. The Morgan fingerprint density at radius 2 is 1.73 bits per heavy atom. The molecule has 0 fully saturated rings. The molecular weight excluding hydrogens is 358 g/mol. The summed E-state index contributed by atoms with van der Waals surface area (Å²) >= 11 is 0. The standard InChI is InChI=1S/C18H28F2N2O3Si/c1-18(2,3)26(4,5)25-7-6-15(17(21)24)22-16(23)10-12-8-13(19)11-14(20)9-12/h8-9,11,15H,6-7,10H2,1-5H3,(H2,21,24)(H,22,23)/t15-/m1/s1. The first-order valence-corrected chi connectivity index (χ1v) is 11.4. The average molecular weight is 387 g/mol. The molecule has 8 heteroatoms. The molecule has 3 N–H and O–H groups in total. The summed E-state index contributed by atoms with van der Waals surface area (Å²) in [7, 11) is -1.97. The maximum absolute atomic E-state index is 13.2. The van der Waals surface area contributed by atoms with Gasteiger partial charge in [0.05, 0.1) is 6.42 Å². The van der Waals surface area contributed by atoms with Crippen LogP contribution in [0.5, 0.6) is 0 Å². The molecule has 0 aliphatic heterocycles. The van der Waals surface area contributed by atoms with Crippen molar-refractivity contribution in [2.45, 2.75) is 57.8 Å². The van der Waals surface area contributed by atoms with E-state index < -0.39 is 37.8 Å². The third kappa shape index (κ3) is 6.84. The van der Waals surface area contributed by atoms with Gasteiger partial charge < -0.3 is 15.5 Å². The first kappa shape index (κ1) is 22.2. The summed E-state index contributed by atoms with van der Waals surface area (Å²) < 4.78 is 32.4. The van der Waals surface area contributed by atoms with E-state index >= 15 is 0 Å². The summed E-state index contributed by atoms with van der Waals surface area (Å²) in [6, 6.07) is 1.97. The number of carbonyl (C=O) groups excluding carboxylic acids is 2. The van der Waals surface area contributed by atoms with Crippen LogP contribution in [0.4, 0.5) is 8.78 Å². The van der Waals surface area contributed by atoms with Crippen LogP contribution in [0.1, 0.15) is 32.8 Å². The minimum atomic E-state index is -1.97. The van der Waals surface area contributed by atoms with Crippen molar-refractivity contribution in [3.05, 3.63) is 35.4 Å². The van der Waals surface area contributed by atoms with Crippen LogP contribution >= 0.6 is 0 Å². The summed E-state index contributed by atoms with van der Waals surface area (Å²) in [5, 5.41) is 2.53. The van der Waals surface area contributed by atoms with Gasteiger partial charge in [-0.1, -0.05) is 20.8 Å². The number of hydrogen-bond donors (Lipinski definition) is 2. The lowest BCUT2D eigenvalue weighted by Gasteiger charge is -2.36. The van der Waals surface area contributed by atoms with Gasteiger partial charge in [0.25, 0.3) is 0 Å². The Balaban J connectivity index is 2.62. The van der Waals surface area contributed by atoms with Crippen LogP contribution < -0.4 is 11.1 Å². The molecule has 0 radical (unpaired) electrons. The van der Waals surface area contributed by atoms with E-state index in [-0.39, 0.29) is 23.4 Å². The second kappa shape index (κ2) is 8.72. The highest BCUT2D eigenvalue weighted by Crippen LogP contribution is 2.36. The molecule has 0 bridgehead atoms. The number of amides is 2. The predicted molar refractivity (Wildman–Crippen MR) is 99.0 cm³/mol. The molecule has 0 aliphatic carbocycles. The summed E-state index contributed by atoms with van der Waals surface area (Å²) in [4.78, 5) is 23.7. The zero-order chi connectivity index (χ0) is 20.1. The molecule has 0 unspecified atom stereocenters. The van der Waals surface area contributed by atoms with Crippen molar-refractivity contribution in [2.75, 3.05) is 6.61 Å². The summed E-state index contributed by atoms with van der Waals surface area (Å²) in [6.45, 7) is 10.8. The lowest BCUT2D eigenvalue weighted by Crippen LogP contribution is -2.47. The number of nitrogens with two attached hydrogens (primary N) is 1. The van der Waals surface area contributed by atoms with Gasteiger partial charge in [-0.3, -0.25) is 9.59 Å². The minimum absolute atomic E-state index is 0.0277. The lowest BCUT2D eigenvalue weighted by molar-refractivity contribution is -0.127. The SMILES string of the molecule is CC(C)(C)[Si](C)(C)OCC[C@@H](NC(=O)Cc1cc(F)cc(F)c1)C(N)=O. The molecule has 2 amide bonds. The summed E-state index contributed by atoms with van der Waals surface area (Å²) in [5.41, 5.74) is 5.53. The Hall–Kier alpha value is -1.80. The third-order valence-electron chi connectivity index (χ3n) is 4.64. The normalized spacial score (nSPS) is 13.3. The molecule has 0 spiro atoms. The number of rotatable bonds is 8. The van der Waals surface area contributed by atoms with Crippen molar-refractivity contribution in [3.63, 3.8) is 0 Å². The maximum atomic E-state index is 13.2. The van der Waals surface area contributed by atoms with Crippen LogP contribution in [0.25, 0.3) is 0 Å². The van der Waals surface area contributed by atoms with Crippen molar-refractivity contribution in [3.8, 4) is 0 Å². The van der Waals surface area contributed by atoms with Gasteiger partial charge in [-0.15, -0.1) is 0 Å². The molecule has 1 atom stereocenters. The van der Waals surface area contributed by atoms with Gasteiger partial charge in [-0.05, 0) is 42.2 Å². The highest BCUT2D eigenvalue weighted by atomic mass is 28.4. The van der Waals surface area contributed by atoms with E-state index in [4.69, 9.17) is 10.2 Å². The zero-order valence-corrected chi connectivity index (χ0v) is 17.0. The number of primary amides is 1. The van der Waals surface area contributed by atoms with Crippen molar-refractivity contribution >= 4 is 20.1 Å². The van der Waals surface area contributed by atoms with E-state index in [2.05, 4.69) is 39.2 Å². The van der Waals surface area contributed by atoms with Crippen LogP contribution in [-0.4, -0.2) is 32.8 Å². The number of carbonyl (C=O) groups is 2. The van der Waals surface area contributed by atoms with Crippen LogP contribution in [0.15, 0.2) is 18.2 Å². The van der Waals surface area contributed by atoms with Crippen LogP contribution in [0.3, 0.4) is 0 Å². The van der Waals surface area contributed by atoms with E-state index in [9.17, 15) is 18.4 Å². The van der Waals surface area contributed by atoms with Crippen molar-refractivity contribution in [2.24, 2.45) is 5.73 Å². The first-order chi connectivity index (χ1) is 11.8. The lowest BCUT2D eigenvalue weighted by atomic mass is 10.1. The van der Waals surface area contributed by atoms with Gasteiger partial charge in [0.2, 0.25) is 11.8 Å². The Labute approximate surface area is 154 Å². The fraction of sp³-hybridized carbons (Fsp3) is 0.556. The first-order valence-electron chi connectivity index (χ1n) is 8.49. The number of benzene rings is 1. The number of nitrogens with one attached hydrogen (secondary N) is 1. The average Bonchev–Trinajstić information content (AvgIpc) is 2.43. The van der Waals surface area contributed by atoms with E-state index in [1.807, 2.05) is 0 Å². The Morgan fingerprint density at radius 1 is 1.19 bits per heavy atom. The second-order valence-electron chi connectivity index (χ2n) is 7.87. The molecule has 0 heterocycles. The van der Waals surface area contributed by atoms with Gasteiger partial charge in [-0.25, -0.2) is 8.78 Å². The monoisotopic (exact) mass is 386 g/mol. The Morgan fingerprint density at radius 3 is 2.19 bits per heavy atom. The van der Waals surface area contributed by atoms with Gasteiger partial charge >= 0.3 is 0 Å².